The standard InChI is InChI=1S/C14H24N6O2.HI/c1-4-22-14(21)20-7-5-19(6-8-20)13(15-2)16-9-12-10-17-18(3)11-12;/h10-11H,4-9H2,1-3H3,(H,15,16);1H. The highest BCUT2D eigenvalue weighted by molar-refractivity contribution is 14.0. The number of rotatable bonds is 3. The van der Waals surface area contributed by atoms with Crippen molar-refractivity contribution in [2.45, 2.75) is 13.5 Å². The molecule has 0 aromatic carbocycles. The van der Waals surface area contributed by atoms with E-state index in [1.54, 1.807) is 16.6 Å². The number of ether oxygens (including phenoxy) is 1. The highest BCUT2D eigenvalue weighted by atomic mass is 127. The van der Waals surface area contributed by atoms with Gasteiger partial charge in [0, 0.05) is 58.6 Å². The molecule has 1 aliphatic heterocycles. The van der Waals surface area contributed by atoms with E-state index in [0.29, 0.717) is 26.2 Å². The molecular weight excluding hydrogens is 411 g/mol. The summed E-state index contributed by atoms with van der Waals surface area (Å²) < 4.78 is 6.80. The van der Waals surface area contributed by atoms with Crippen LogP contribution in [0, 0.1) is 0 Å². The van der Waals surface area contributed by atoms with Gasteiger partial charge in [-0.25, -0.2) is 4.79 Å². The maximum atomic E-state index is 11.7. The molecular formula is C14H25IN6O2. The zero-order chi connectivity index (χ0) is 15.9. The minimum atomic E-state index is -0.236. The predicted molar refractivity (Wildman–Crippen MR) is 99.0 cm³/mol. The van der Waals surface area contributed by atoms with Crippen LogP contribution in [0.4, 0.5) is 4.79 Å². The maximum Gasteiger partial charge on any atom is 0.409 e. The first kappa shape index (κ1) is 19.5. The van der Waals surface area contributed by atoms with Crippen LogP contribution in [0.5, 0.6) is 0 Å². The van der Waals surface area contributed by atoms with Gasteiger partial charge in [0.15, 0.2) is 5.96 Å². The van der Waals surface area contributed by atoms with E-state index in [4.69, 9.17) is 4.74 Å². The third-order valence-corrected chi connectivity index (χ3v) is 3.53. The van der Waals surface area contributed by atoms with Gasteiger partial charge in [0.05, 0.1) is 12.8 Å². The van der Waals surface area contributed by atoms with Crippen molar-refractivity contribution in [1.29, 1.82) is 0 Å². The molecule has 1 aromatic rings. The summed E-state index contributed by atoms with van der Waals surface area (Å²) in [4.78, 5) is 19.9. The Morgan fingerprint density at radius 3 is 2.52 bits per heavy atom. The molecule has 0 spiro atoms. The molecule has 0 atom stereocenters. The molecule has 0 saturated carbocycles. The number of aryl methyl sites for hydroxylation is 1. The van der Waals surface area contributed by atoms with Crippen LogP contribution in [-0.4, -0.2) is 71.5 Å². The van der Waals surface area contributed by atoms with Crippen molar-refractivity contribution in [2.75, 3.05) is 39.8 Å². The van der Waals surface area contributed by atoms with Crippen molar-refractivity contribution < 1.29 is 9.53 Å². The number of aromatic nitrogens is 2. The molecule has 8 nitrogen and oxygen atoms in total. The highest BCUT2D eigenvalue weighted by Crippen LogP contribution is 2.05. The number of hydrogen-bond acceptors (Lipinski definition) is 4. The minimum Gasteiger partial charge on any atom is -0.450 e. The summed E-state index contributed by atoms with van der Waals surface area (Å²) in [6, 6.07) is 0. The Labute approximate surface area is 153 Å². The van der Waals surface area contributed by atoms with E-state index < -0.39 is 0 Å². The van der Waals surface area contributed by atoms with E-state index in [-0.39, 0.29) is 30.1 Å². The number of piperazine rings is 1. The largest absolute Gasteiger partial charge is 0.450 e. The Balaban J connectivity index is 0.00000264. The maximum absolute atomic E-state index is 11.7. The summed E-state index contributed by atoms with van der Waals surface area (Å²) >= 11 is 0. The molecule has 2 heterocycles. The number of aliphatic imine (C=N–C) groups is 1. The van der Waals surface area contributed by atoms with Crippen LogP contribution >= 0.6 is 24.0 Å². The van der Waals surface area contributed by atoms with Gasteiger partial charge in [-0.2, -0.15) is 5.10 Å². The summed E-state index contributed by atoms with van der Waals surface area (Å²) in [5.41, 5.74) is 1.11. The number of amides is 1. The van der Waals surface area contributed by atoms with Gasteiger partial charge in [0.1, 0.15) is 0 Å². The topological polar surface area (TPSA) is 75.0 Å². The normalized spacial score (nSPS) is 15.2. The smallest absolute Gasteiger partial charge is 0.409 e. The number of carbonyl (C=O) groups is 1. The molecule has 1 aliphatic rings. The van der Waals surface area contributed by atoms with Gasteiger partial charge in [0.2, 0.25) is 0 Å². The lowest BCUT2D eigenvalue weighted by molar-refractivity contribution is 0.0914. The Kier molecular flexibility index (Phi) is 8.13. The molecule has 9 heteroatoms. The predicted octanol–water partition coefficient (Wildman–Crippen LogP) is 0.888. The molecule has 1 fully saturated rings. The van der Waals surface area contributed by atoms with E-state index in [9.17, 15) is 4.79 Å². The zero-order valence-corrected chi connectivity index (χ0v) is 16.2. The fourth-order valence-corrected chi connectivity index (χ4v) is 2.39. The van der Waals surface area contributed by atoms with Crippen LogP contribution in [0.1, 0.15) is 12.5 Å². The Morgan fingerprint density at radius 2 is 2.00 bits per heavy atom. The van der Waals surface area contributed by atoms with Crippen molar-refractivity contribution >= 4 is 36.0 Å². The number of carbonyl (C=O) groups excluding carboxylic acids is 1. The van der Waals surface area contributed by atoms with Gasteiger partial charge in [-0.05, 0) is 6.92 Å². The molecule has 0 radical (unpaired) electrons. The van der Waals surface area contributed by atoms with Crippen molar-refractivity contribution in [2.24, 2.45) is 12.0 Å². The lowest BCUT2D eigenvalue weighted by Crippen LogP contribution is -2.53. The second kappa shape index (κ2) is 9.58. The lowest BCUT2D eigenvalue weighted by atomic mass is 10.3. The number of hydrogen-bond donors (Lipinski definition) is 1. The summed E-state index contributed by atoms with van der Waals surface area (Å²) in [6.45, 7) is 5.68. The first-order chi connectivity index (χ1) is 10.6. The SMILES string of the molecule is CCOC(=O)N1CCN(C(=NC)NCc2cnn(C)c2)CC1.I. The quantitative estimate of drug-likeness (QED) is 0.433. The monoisotopic (exact) mass is 436 g/mol. The Hall–Kier alpha value is -1.52. The molecule has 1 saturated heterocycles. The van der Waals surface area contributed by atoms with Crippen molar-refractivity contribution in [3.63, 3.8) is 0 Å². The van der Waals surface area contributed by atoms with Crippen LogP contribution in [0.15, 0.2) is 17.4 Å². The third kappa shape index (κ3) is 5.56. The summed E-state index contributed by atoms with van der Waals surface area (Å²) in [5.74, 6) is 0.840. The van der Waals surface area contributed by atoms with Gasteiger partial charge in [-0.3, -0.25) is 9.67 Å². The van der Waals surface area contributed by atoms with Gasteiger partial charge < -0.3 is 19.9 Å². The summed E-state index contributed by atoms with van der Waals surface area (Å²) in [7, 11) is 3.66. The highest BCUT2D eigenvalue weighted by Gasteiger charge is 2.23. The second-order valence-corrected chi connectivity index (χ2v) is 5.10. The molecule has 1 amide bonds. The van der Waals surface area contributed by atoms with Gasteiger partial charge in [-0.15, -0.1) is 24.0 Å². The molecule has 0 unspecified atom stereocenters. The molecule has 23 heavy (non-hydrogen) atoms. The molecule has 2 rings (SSSR count). The Morgan fingerprint density at radius 1 is 1.35 bits per heavy atom. The Bertz CT molecular complexity index is 525. The first-order valence-electron chi connectivity index (χ1n) is 7.49. The zero-order valence-electron chi connectivity index (χ0n) is 13.9. The van der Waals surface area contributed by atoms with Gasteiger partial charge in [0.25, 0.3) is 0 Å². The molecule has 1 aromatic heterocycles. The lowest BCUT2D eigenvalue weighted by Gasteiger charge is -2.35. The van der Waals surface area contributed by atoms with Crippen molar-refractivity contribution in [1.82, 2.24) is 24.9 Å². The van der Waals surface area contributed by atoms with Gasteiger partial charge >= 0.3 is 6.09 Å². The van der Waals surface area contributed by atoms with E-state index >= 15 is 0 Å². The first-order valence-corrected chi connectivity index (χ1v) is 7.49. The van der Waals surface area contributed by atoms with Crippen LogP contribution in [0.25, 0.3) is 0 Å². The summed E-state index contributed by atoms with van der Waals surface area (Å²) in [5, 5.41) is 7.47. The van der Waals surface area contributed by atoms with Crippen LogP contribution in [0.2, 0.25) is 0 Å². The number of nitrogens with zero attached hydrogens (tertiary/aromatic N) is 5. The van der Waals surface area contributed by atoms with Crippen molar-refractivity contribution in [3.05, 3.63) is 18.0 Å². The van der Waals surface area contributed by atoms with Crippen LogP contribution < -0.4 is 5.32 Å². The average Bonchev–Trinajstić information content (AvgIpc) is 2.94. The average molecular weight is 436 g/mol. The van der Waals surface area contributed by atoms with Crippen molar-refractivity contribution in [3.8, 4) is 0 Å². The van der Waals surface area contributed by atoms with E-state index in [2.05, 4.69) is 20.3 Å². The second-order valence-electron chi connectivity index (χ2n) is 5.10. The molecule has 1 N–H and O–H groups in total. The molecule has 0 aliphatic carbocycles. The number of guanidine groups is 1. The van der Waals surface area contributed by atoms with Crippen LogP contribution in [-0.2, 0) is 18.3 Å². The minimum absolute atomic E-state index is 0. The molecule has 130 valence electrons. The van der Waals surface area contributed by atoms with Gasteiger partial charge in [-0.1, -0.05) is 0 Å². The number of halogens is 1. The van der Waals surface area contributed by atoms with E-state index in [0.717, 1.165) is 24.6 Å². The summed E-state index contributed by atoms with van der Waals surface area (Å²) in [6.07, 6.45) is 3.57. The number of nitrogens with one attached hydrogen (secondary N) is 1. The van der Waals surface area contributed by atoms with E-state index in [1.165, 1.54) is 0 Å². The fraction of sp³-hybridized carbons (Fsp3) is 0.643. The third-order valence-electron chi connectivity index (χ3n) is 3.53. The van der Waals surface area contributed by atoms with Crippen LogP contribution in [0.3, 0.4) is 0 Å². The fourth-order valence-electron chi connectivity index (χ4n) is 2.39. The molecule has 0 bridgehead atoms. The van der Waals surface area contributed by atoms with E-state index in [1.807, 2.05) is 26.4 Å².